The van der Waals surface area contributed by atoms with Gasteiger partial charge in [-0.25, -0.2) is 4.39 Å². The molecule has 122 valence electrons. The molecule has 2 rings (SSSR count). The molecular weight excluding hydrogens is 306 g/mol. The summed E-state index contributed by atoms with van der Waals surface area (Å²) in [6.07, 6.45) is -7.06. The van der Waals surface area contributed by atoms with E-state index >= 15 is 0 Å². The number of alkyl halides is 3. The number of hydrogen-bond donors (Lipinski definition) is 2. The van der Waals surface area contributed by atoms with Crippen molar-refractivity contribution in [3.63, 3.8) is 0 Å². The van der Waals surface area contributed by atoms with Crippen molar-refractivity contribution in [3.8, 4) is 5.75 Å². The average Bonchev–Trinajstić information content (AvgIpc) is 2.45. The third kappa shape index (κ3) is 3.49. The minimum Gasteiger partial charge on any atom is -0.507 e. The molecule has 0 radical (unpaired) electrons. The van der Waals surface area contributed by atoms with E-state index in [0.717, 1.165) is 18.2 Å². The van der Waals surface area contributed by atoms with Gasteiger partial charge in [0.25, 0.3) is 5.91 Å². The molecule has 1 unspecified atom stereocenters. The summed E-state index contributed by atoms with van der Waals surface area (Å²) in [7, 11) is 0. The third-order valence-electron chi connectivity index (χ3n) is 3.80. The van der Waals surface area contributed by atoms with Crippen molar-refractivity contribution < 1.29 is 32.6 Å². The van der Waals surface area contributed by atoms with Gasteiger partial charge in [0.2, 0.25) is 0 Å². The fourth-order valence-corrected chi connectivity index (χ4v) is 2.54. The molecule has 1 atom stereocenters. The van der Waals surface area contributed by atoms with Gasteiger partial charge in [-0.2, -0.15) is 13.2 Å². The van der Waals surface area contributed by atoms with Crippen LogP contribution in [0.15, 0.2) is 18.2 Å². The van der Waals surface area contributed by atoms with Gasteiger partial charge >= 0.3 is 6.18 Å². The Morgan fingerprint density at radius 3 is 2.36 bits per heavy atom. The van der Waals surface area contributed by atoms with Gasteiger partial charge in [0.15, 0.2) is 6.10 Å². The second kappa shape index (κ2) is 6.12. The first kappa shape index (κ1) is 16.5. The highest BCUT2D eigenvalue weighted by molar-refractivity contribution is 5.96. The van der Waals surface area contributed by atoms with Crippen LogP contribution in [0.2, 0.25) is 0 Å². The molecule has 1 saturated heterocycles. The quantitative estimate of drug-likeness (QED) is 0.822. The van der Waals surface area contributed by atoms with E-state index in [4.69, 9.17) is 0 Å². The van der Waals surface area contributed by atoms with Crippen molar-refractivity contribution in [2.45, 2.75) is 25.1 Å². The van der Waals surface area contributed by atoms with E-state index in [0.29, 0.717) is 0 Å². The summed E-state index contributed by atoms with van der Waals surface area (Å²) in [5.41, 5.74) is -0.101. The maximum atomic E-state index is 12.9. The lowest BCUT2D eigenvalue weighted by molar-refractivity contribution is -0.222. The van der Waals surface area contributed by atoms with Crippen LogP contribution in [0.3, 0.4) is 0 Å². The Labute approximate surface area is 124 Å². The summed E-state index contributed by atoms with van der Waals surface area (Å²) in [4.78, 5) is 13.4. The van der Waals surface area contributed by atoms with Gasteiger partial charge in [0.1, 0.15) is 11.6 Å². The van der Waals surface area contributed by atoms with Crippen LogP contribution in [0.25, 0.3) is 0 Å². The Morgan fingerprint density at radius 2 is 1.86 bits per heavy atom. The number of carbonyl (C=O) groups is 1. The highest BCUT2D eigenvalue weighted by atomic mass is 19.4. The number of carbonyl (C=O) groups excluding carboxylic acids is 1. The van der Waals surface area contributed by atoms with Crippen molar-refractivity contribution in [2.24, 2.45) is 5.92 Å². The topological polar surface area (TPSA) is 60.8 Å². The van der Waals surface area contributed by atoms with Gasteiger partial charge < -0.3 is 15.1 Å². The van der Waals surface area contributed by atoms with Crippen molar-refractivity contribution in [3.05, 3.63) is 29.6 Å². The Kier molecular flexibility index (Phi) is 4.60. The largest absolute Gasteiger partial charge is 0.507 e. The highest BCUT2D eigenvalue weighted by Crippen LogP contribution is 2.32. The summed E-state index contributed by atoms with van der Waals surface area (Å²) in [6, 6.07) is 2.95. The highest BCUT2D eigenvalue weighted by Gasteiger charge is 2.44. The number of aliphatic hydroxyl groups is 1. The average molecular weight is 321 g/mol. The predicted octanol–water partition coefficient (Wildman–Crippen LogP) is 2.31. The normalized spacial score (nSPS) is 18.3. The zero-order chi connectivity index (χ0) is 16.5. The van der Waals surface area contributed by atoms with E-state index in [-0.39, 0.29) is 31.5 Å². The molecule has 0 aromatic heterocycles. The third-order valence-corrected chi connectivity index (χ3v) is 3.80. The molecule has 0 aliphatic carbocycles. The maximum absolute atomic E-state index is 12.9. The molecule has 0 bridgehead atoms. The number of aliphatic hydroxyl groups excluding tert-OH is 1. The number of nitrogens with zero attached hydrogens (tertiary/aromatic N) is 1. The van der Waals surface area contributed by atoms with Gasteiger partial charge in [-0.15, -0.1) is 0 Å². The molecule has 8 heteroatoms. The first-order valence-corrected chi connectivity index (χ1v) is 6.72. The second-order valence-corrected chi connectivity index (χ2v) is 5.28. The standard InChI is InChI=1S/C14H15F4NO3/c15-9-1-2-10(11(20)7-9)13(22)19-5-3-8(4-6-19)12(21)14(16,17)18/h1-2,7-8,12,20-21H,3-6H2. The molecule has 1 aliphatic rings. The molecule has 1 amide bonds. The van der Waals surface area contributed by atoms with E-state index in [1.807, 2.05) is 0 Å². The first-order chi connectivity index (χ1) is 10.2. The Morgan fingerprint density at radius 1 is 1.27 bits per heavy atom. The monoisotopic (exact) mass is 321 g/mol. The smallest absolute Gasteiger partial charge is 0.414 e. The summed E-state index contributed by atoms with van der Waals surface area (Å²) in [5, 5.41) is 18.8. The minimum atomic E-state index is -4.67. The lowest BCUT2D eigenvalue weighted by Gasteiger charge is -2.34. The van der Waals surface area contributed by atoms with Gasteiger partial charge in [-0.1, -0.05) is 0 Å². The van der Waals surface area contributed by atoms with Crippen LogP contribution < -0.4 is 0 Å². The molecule has 1 aromatic rings. The number of phenolic OH excluding ortho intramolecular Hbond substituents is 1. The number of phenols is 1. The Balaban J connectivity index is 2.01. The van der Waals surface area contributed by atoms with Crippen molar-refractivity contribution in [2.75, 3.05) is 13.1 Å². The number of likely N-dealkylation sites (tertiary alicyclic amines) is 1. The van der Waals surface area contributed by atoms with Crippen molar-refractivity contribution in [1.82, 2.24) is 4.90 Å². The Hall–Kier alpha value is -1.83. The van der Waals surface area contributed by atoms with Crippen LogP contribution in [-0.4, -0.2) is 46.4 Å². The van der Waals surface area contributed by atoms with E-state index in [9.17, 15) is 32.6 Å². The fraction of sp³-hybridized carbons (Fsp3) is 0.500. The maximum Gasteiger partial charge on any atom is 0.414 e. The summed E-state index contributed by atoms with van der Waals surface area (Å²) >= 11 is 0. The second-order valence-electron chi connectivity index (χ2n) is 5.28. The fourth-order valence-electron chi connectivity index (χ4n) is 2.54. The summed E-state index contributed by atoms with van der Waals surface area (Å²) in [5.74, 6) is -2.73. The number of hydrogen-bond acceptors (Lipinski definition) is 3. The van der Waals surface area contributed by atoms with Crippen LogP contribution in [0.4, 0.5) is 17.6 Å². The van der Waals surface area contributed by atoms with E-state index < -0.39 is 35.7 Å². The molecule has 0 spiro atoms. The van der Waals surface area contributed by atoms with E-state index in [1.165, 1.54) is 4.90 Å². The predicted molar refractivity (Wildman–Crippen MR) is 68.8 cm³/mol. The number of amides is 1. The molecule has 1 heterocycles. The van der Waals surface area contributed by atoms with Gasteiger partial charge in [-0.3, -0.25) is 4.79 Å². The molecule has 1 fully saturated rings. The minimum absolute atomic E-state index is 0.00831. The van der Waals surface area contributed by atoms with Crippen LogP contribution in [0.5, 0.6) is 5.75 Å². The van der Waals surface area contributed by atoms with Crippen molar-refractivity contribution in [1.29, 1.82) is 0 Å². The summed E-state index contributed by atoms with van der Waals surface area (Å²) < 4.78 is 50.2. The number of aromatic hydroxyl groups is 1. The summed E-state index contributed by atoms with van der Waals surface area (Å²) in [6.45, 7) is 0.0704. The molecule has 1 aromatic carbocycles. The number of rotatable bonds is 2. The molecule has 4 nitrogen and oxygen atoms in total. The zero-order valence-corrected chi connectivity index (χ0v) is 11.5. The van der Waals surface area contributed by atoms with Crippen molar-refractivity contribution >= 4 is 5.91 Å². The molecule has 22 heavy (non-hydrogen) atoms. The van der Waals surface area contributed by atoms with Crippen LogP contribution in [0, 0.1) is 11.7 Å². The van der Waals surface area contributed by atoms with E-state index in [1.54, 1.807) is 0 Å². The van der Waals surface area contributed by atoms with Crippen LogP contribution in [-0.2, 0) is 0 Å². The molecule has 1 aliphatic heterocycles. The van der Waals surface area contributed by atoms with Gasteiger partial charge in [0, 0.05) is 19.2 Å². The number of halogens is 4. The zero-order valence-electron chi connectivity index (χ0n) is 11.5. The van der Waals surface area contributed by atoms with Gasteiger partial charge in [-0.05, 0) is 30.9 Å². The van der Waals surface area contributed by atoms with Gasteiger partial charge in [0.05, 0.1) is 5.56 Å². The number of piperidine rings is 1. The lowest BCUT2D eigenvalue weighted by atomic mass is 9.90. The first-order valence-electron chi connectivity index (χ1n) is 6.72. The van der Waals surface area contributed by atoms with Crippen LogP contribution in [0.1, 0.15) is 23.2 Å². The van der Waals surface area contributed by atoms with E-state index in [2.05, 4.69) is 0 Å². The number of benzene rings is 1. The van der Waals surface area contributed by atoms with Crippen LogP contribution >= 0.6 is 0 Å². The Bertz CT molecular complexity index is 554. The molecule has 2 N–H and O–H groups in total. The lowest BCUT2D eigenvalue weighted by Crippen LogP contribution is -2.45. The molecular formula is C14H15F4NO3. The molecule has 0 saturated carbocycles. The SMILES string of the molecule is O=C(c1ccc(F)cc1O)N1CCC(C(O)C(F)(F)F)CC1.